The summed E-state index contributed by atoms with van der Waals surface area (Å²) in [6.07, 6.45) is 2.35. The molecule has 0 aromatic carbocycles. The fourth-order valence-electron chi connectivity index (χ4n) is 0.204. The van der Waals surface area contributed by atoms with Crippen molar-refractivity contribution < 1.29 is 0 Å². The molecule has 37 valence electrons. The van der Waals surface area contributed by atoms with Crippen molar-refractivity contribution in [2.24, 2.45) is 5.92 Å². The quantitative estimate of drug-likeness (QED) is 0.482. The highest BCUT2D eigenvalue weighted by Gasteiger charge is 1.88. The topological polar surface area (TPSA) is 0 Å². The van der Waals surface area contributed by atoms with Crippen LogP contribution in [0.4, 0.5) is 0 Å². The molecule has 0 N–H and O–H groups in total. The van der Waals surface area contributed by atoms with E-state index in [1.54, 1.807) is 0 Å². The lowest BCUT2D eigenvalue weighted by Gasteiger charge is -1.98. The first-order valence-corrected chi connectivity index (χ1v) is 2.60. The molecule has 0 fully saturated rings. The fraction of sp³-hybridized carbons (Fsp3) is 0.833. The van der Waals surface area contributed by atoms with Gasteiger partial charge in [-0.15, -0.1) is 0 Å². The molecule has 0 saturated carbocycles. The van der Waals surface area contributed by atoms with Crippen molar-refractivity contribution in [3.63, 3.8) is 0 Å². The summed E-state index contributed by atoms with van der Waals surface area (Å²) in [7, 11) is 0. The van der Waals surface area contributed by atoms with Crippen molar-refractivity contribution in [1.82, 2.24) is 0 Å². The van der Waals surface area contributed by atoms with E-state index in [0.717, 1.165) is 12.3 Å². The van der Waals surface area contributed by atoms with Gasteiger partial charge in [0.05, 0.1) is 0 Å². The molecule has 6 heavy (non-hydrogen) atoms. The highest BCUT2D eigenvalue weighted by molar-refractivity contribution is 4.48. The van der Waals surface area contributed by atoms with Gasteiger partial charge in [0.2, 0.25) is 0 Å². The Morgan fingerprint density at radius 2 is 2.17 bits per heavy atom. The number of hydrogen-bond acceptors (Lipinski definition) is 0. The van der Waals surface area contributed by atoms with Gasteiger partial charge in [0.25, 0.3) is 0 Å². The predicted molar refractivity (Wildman–Crippen MR) is 29.4 cm³/mol. The molecular formula is C6H13. The molecule has 0 bridgehead atoms. The first kappa shape index (κ1) is 6.00. The van der Waals surface area contributed by atoms with Crippen molar-refractivity contribution in [2.75, 3.05) is 0 Å². The molecule has 0 saturated heterocycles. The summed E-state index contributed by atoms with van der Waals surface area (Å²) in [5.74, 6) is 0.824. The Morgan fingerprint density at radius 3 is 2.17 bits per heavy atom. The maximum atomic E-state index is 3.76. The van der Waals surface area contributed by atoms with Crippen LogP contribution in [0.3, 0.4) is 0 Å². The van der Waals surface area contributed by atoms with E-state index in [0.29, 0.717) is 0 Å². The maximum absolute atomic E-state index is 3.76. The van der Waals surface area contributed by atoms with E-state index in [4.69, 9.17) is 0 Å². The van der Waals surface area contributed by atoms with Crippen LogP contribution in [0.15, 0.2) is 0 Å². The van der Waals surface area contributed by atoms with E-state index < -0.39 is 0 Å². The first-order chi connectivity index (χ1) is 2.81. The molecule has 0 aliphatic rings. The third kappa shape index (κ3) is 2.25. The zero-order chi connectivity index (χ0) is 4.99. The SMILES string of the molecule is [CH2]CC(C)CC. The summed E-state index contributed by atoms with van der Waals surface area (Å²) in [6, 6.07) is 0. The van der Waals surface area contributed by atoms with Gasteiger partial charge in [-0.05, 0) is 5.92 Å². The second-order valence-corrected chi connectivity index (χ2v) is 1.80. The van der Waals surface area contributed by atoms with Gasteiger partial charge in [0, 0.05) is 0 Å². The second kappa shape index (κ2) is 3.20. The molecule has 0 amide bonds. The number of hydrogen-bond donors (Lipinski definition) is 0. The normalized spacial score (nSPS) is 10.0. The summed E-state index contributed by atoms with van der Waals surface area (Å²) >= 11 is 0. The average Bonchev–Trinajstić information content (AvgIpc) is 1.65. The van der Waals surface area contributed by atoms with Crippen LogP contribution < -0.4 is 0 Å². The Morgan fingerprint density at radius 1 is 1.67 bits per heavy atom. The largest absolute Gasteiger partial charge is 0.0651 e. The molecular weight excluding hydrogens is 72.1 g/mol. The van der Waals surface area contributed by atoms with Gasteiger partial charge in [-0.2, -0.15) is 0 Å². The minimum Gasteiger partial charge on any atom is -0.0651 e. The molecule has 0 spiro atoms. The molecule has 0 nitrogen and oxygen atoms in total. The Bertz CT molecular complexity index is 19.2. The van der Waals surface area contributed by atoms with Gasteiger partial charge in [-0.25, -0.2) is 0 Å². The Hall–Kier alpha value is 0. The van der Waals surface area contributed by atoms with Crippen LogP contribution >= 0.6 is 0 Å². The van der Waals surface area contributed by atoms with Crippen LogP contribution in [0.5, 0.6) is 0 Å². The summed E-state index contributed by atoms with van der Waals surface area (Å²) in [4.78, 5) is 0. The molecule has 1 atom stereocenters. The van der Waals surface area contributed by atoms with E-state index in [9.17, 15) is 0 Å². The van der Waals surface area contributed by atoms with Gasteiger partial charge >= 0.3 is 0 Å². The first-order valence-electron chi connectivity index (χ1n) is 2.60. The van der Waals surface area contributed by atoms with Crippen LogP contribution in [0.25, 0.3) is 0 Å². The lowest BCUT2D eigenvalue weighted by atomic mass is 10.1. The van der Waals surface area contributed by atoms with Crippen molar-refractivity contribution in [1.29, 1.82) is 0 Å². The second-order valence-electron chi connectivity index (χ2n) is 1.80. The zero-order valence-corrected chi connectivity index (χ0v) is 4.70. The standard InChI is InChI=1S/C6H13/c1-4-6(3)5-2/h6H,1,4-5H2,2-3H3. The smallest absolute Gasteiger partial charge is 0.0445 e. The lowest BCUT2D eigenvalue weighted by Crippen LogP contribution is -1.85. The maximum Gasteiger partial charge on any atom is -0.0445 e. The molecule has 1 unspecified atom stereocenters. The minimum atomic E-state index is 0.824. The molecule has 0 heterocycles. The molecule has 0 aliphatic heterocycles. The van der Waals surface area contributed by atoms with Crippen molar-refractivity contribution >= 4 is 0 Å². The van der Waals surface area contributed by atoms with Gasteiger partial charge in [0.15, 0.2) is 0 Å². The zero-order valence-electron chi connectivity index (χ0n) is 4.70. The Labute approximate surface area is 40.6 Å². The van der Waals surface area contributed by atoms with Gasteiger partial charge in [-0.3, -0.25) is 0 Å². The van der Waals surface area contributed by atoms with E-state index in [-0.39, 0.29) is 0 Å². The van der Waals surface area contributed by atoms with Crippen molar-refractivity contribution in [3.05, 3.63) is 6.92 Å². The molecule has 0 aromatic heterocycles. The van der Waals surface area contributed by atoms with Crippen LogP contribution in [-0.2, 0) is 0 Å². The molecule has 0 aromatic rings. The Kier molecular flexibility index (Phi) is 3.20. The fourth-order valence-corrected chi connectivity index (χ4v) is 0.204. The van der Waals surface area contributed by atoms with E-state index in [1.165, 1.54) is 6.42 Å². The Balaban J connectivity index is 2.75. The highest BCUT2D eigenvalue weighted by atomic mass is 13.9. The van der Waals surface area contributed by atoms with Gasteiger partial charge < -0.3 is 0 Å². The summed E-state index contributed by atoms with van der Waals surface area (Å²) in [6.45, 7) is 8.16. The van der Waals surface area contributed by atoms with Crippen LogP contribution in [0.1, 0.15) is 26.7 Å². The lowest BCUT2D eigenvalue weighted by molar-refractivity contribution is 0.570. The third-order valence-corrected chi connectivity index (χ3v) is 1.19. The van der Waals surface area contributed by atoms with Crippen LogP contribution in [0.2, 0.25) is 0 Å². The van der Waals surface area contributed by atoms with Gasteiger partial charge in [-0.1, -0.05) is 33.6 Å². The van der Waals surface area contributed by atoms with Crippen molar-refractivity contribution in [2.45, 2.75) is 26.7 Å². The van der Waals surface area contributed by atoms with E-state index >= 15 is 0 Å². The molecule has 0 heteroatoms. The molecule has 0 rings (SSSR count). The van der Waals surface area contributed by atoms with E-state index in [1.807, 2.05) is 0 Å². The monoisotopic (exact) mass is 85.1 g/mol. The summed E-state index contributed by atoms with van der Waals surface area (Å²) < 4.78 is 0. The molecule has 1 radical (unpaired) electrons. The minimum absolute atomic E-state index is 0.824. The highest BCUT2D eigenvalue weighted by Crippen LogP contribution is 2.02. The summed E-state index contributed by atoms with van der Waals surface area (Å²) in [5.41, 5.74) is 0. The number of rotatable bonds is 2. The summed E-state index contributed by atoms with van der Waals surface area (Å²) in [5, 5.41) is 0. The van der Waals surface area contributed by atoms with Crippen LogP contribution in [0, 0.1) is 12.8 Å². The van der Waals surface area contributed by atoms with Crippen LogP contribution in [-0.4, -0.2) is 0 Å². The predicted octanol–water partition coefficient (Wildman–Crippen LogP) is 2.26. The van der Waals surface area contributed by atoms with E-state index in [2.05, 4.69) is 20.8 Å². The molecule has 0 aliphatic carbocycles. The van der Waals surface area contributed by atoms with Crippen molar-refractivity contribution in [3.8, 4) is 0 Å². The van der Waals surface area contributed by atoms with Gasteiger partial charge in [0.1, 0.15) is 0 Å². The average molecular weight is 85.2 g/mol. The third-order valence-electron chi connectivity index (χ3n) is 1.19.